The molecule has 0 bridgehead atoms. The van der Waals surface area contributed by atoms with E-state index in [1.54, 1.807) is 18.2 Å². The number of hydrogen-bond acceptors (Lipinski definition) is 6. The molecule has 0 aromatic heterocycles. The smallest absolute Gasteiger partial charge is 0.416 e. The van der Waals surface area contributed by atoms with E-state index in [1.165, 1.54) is 24.9 Å². The summed E-state index contributed by atoms with van der Waals surface area (Å²) in [6.45, 7) is 5.75. The molecule has 210 valence electrons. The van der Waals surface area contributed by atoms with Crippen LogP contribution in [-0.4, -0.2) is 60.7 Å². The number of benzene rings is 2. The van der Waals surface area contributed by atoms with Crippen LogP contribution in [0.25, 0.3) is 6.08 Å². The number of amides is 1. The molecule has 1 amide bonds. The van der Waals surface area contributed by atoms with Crippen molar-refractivity contribution < 1.29 is 40.6 Å². The molecule has 0 spiro atoms. The van der Waals surface area contributed by atoms with E-state index in [-0.39, 0.29) is 23.5 Å². The number of carbonyl (C=O) groups excluding carboxylic acids is 1. The molecule has 0 unspecified atom stereocenters. The van der Waals surface area contributed by atoms with Gasteiger partial charge in [0.2, 0.25) is 0 Å². The van der Waals surface area contributed by atoms with E-state index in [9.17, 15) is 31.1 Å². The molecule has 13 heteroatoms. The molecule has 2 aliphatic heterocycles. The number of rotatable bonds is 6. The number of piperazine rings is 1. The maximum absolute atomic E-state index is 13.4. The van der Waals surface area contributed by atoms with E-state index in [4.69, 9.17) is 9.47 Å². The van der Waals surface area contributed by atoms with Gasteiger partial charge in [-0.3, -0.25) is 4.79 Å². The Labute approximate surface area is 225 Å². The van der Waals surface area contributed by atoms with Gasteiger partial charge < -0.3 is 19.3 Å². The number of nitrogens with zero attached hydrogens (tertiary/aromatic N) is 3. The summed E-state index contributed by atoms with van der Waals surface area (Å²) in [6.07, 6.45) is -8.28. The monoisotopic (exact) mass is 573 g/mol. The second-order valence-corrected chi connectivity index (χ2v) is 9.81. The Morgan fingerprint density at radius 3 is 2.31 bits per heavy atom. The third kappa shape index (κ3) is 6.88. The lowest BCUT2D eigenvalue weighted by molar-refractivity contribution is -0.143. The van der Waals surface area contributed by atoms with E-state index < -0.39 is 35.6 Å². The number of hydrogen-bond donors (Lipinski definition) is 0. The van der Waals surface area contributed by atoms with Crippen LogP contribution in [0.3, 0.4) is 0 Å². The number of carbonyl (C=O) groups is 1. The lowest BCUT2D eigenvalue weighted by Crippen LogP contribution is -2.47. The van der Waals surface area contributed by atoms with Crippen molar-refractivity contribution in [2.75, 3.05) is 39.8 Å². The molecule has 2 heterocycles. The second kappa shape index (κ2) is 11.5. The highest BCUT2D eigenvalue weighted by molar-refractivity contribution is 8.18. The lowest BCUT2D eigenvalue weighted by Gasteiger charge is -2.34. The van der Waals surface area contributed by atoms with Crippen molar-refractivity contribution in [3.63, 3.8) is 0 Å². The molecular formula is C26H25F6N3O3S. The zero-order valence-corrected chi connectivity index (χ0v) is 21.8. The Balaban J connectivity index is 1.47. The molecule has 0 radical (unpaired) electrons. The maximum atomic E-state index is 13.4. The summed E-state index contributed by atoms with van der Waals surface area (Å²) in [5, 5.41) is 0.644. The van der Waals surface area contributed by atoms with Crippen molar-refractivity contribution in [1.29, 1.82) is 0 Å². The molecule has 1 saturated heterocycles. The van der Waals surface area contributed by atoms with Crippen LogP contribution in [0.5, 0.6) is 11.5 Å². The van der Waals surface area contributed by atoms with Gasteiger partial charge in [-0.15, -0.1) is 0 Å². The number of alkyl halides is 6. The van der Waals surface area contributed by atoms with Crippen molar-refractivity contribution in [3.8, 4) is 11.5 Å². The molecule has 2 aromatic carbocycles. The summed E-state index contributed by atoms with van der Waals surface area (Å²) in [5.41, 5.74) is -2.71. The summed E-state index contributed by atoms with van der Waals surface area (Å²) >= 11 is 1.27. The molecule has 4 rings (SSSR count). The standard InChI is InChI=1S/C26H25F6N3O3S/c1-3-34-8-10-35(11-9-34)24-33-23(36)22(39-24)13-16-4-7-20(21(12-16)37-2)38-15-17-5-6-18(25(27,28)29)14-19(17)26(30,31)32/h4-7,12-14H,3,8-11,15H2,1-2H3/b22-13-. The van der Waals surface area contributed by atoms with Gasteiger partial charge >= 0.3 is 12.4 Å². The van der Waals surface area contributed by atoms with Crippen molar-refractivity contribution in [2.45, 2.75) is 25.9 Å². The van der Waals surface area contributed by atoms with E-state index >= 15 is 0 Å². The summed E-state index contributed by atoms with van der Waals surface area (Å²) < 4.78 is 90.0. The predicted molar refractivity (Wildman–Crippen MR) is 135 cm³/mol. The van der Waals surface area contributed by atoms with Crippen molar-refractivity contribution in [3.05, 3.63) is 63.6 Å². The third-order valence-corrected chi connectivity index (χ3v) is 7.35. The minimum Gasteiger partial charge on any atom is -0.493 e. The van der Waals surface area contributed by atoms with Crippen LogP contribution in [0, 0.1) is 0 Å². The quantitative estimate of drug-likeness (QED) is 0.316. The first-order valence-corrected chi connectivity index (χ1v) is 12.8. The molecule has 6 nitrogen and oxygen atoms in total. The highest BCUT2D eigenvalue weighted by atomic mass is 32.2. The minimum absolute atomic E-state index is 0.0710. The van der Waals surface area contributed by atoms with Crippen LogP contribution >= 0.6 is 11.8 Å². The van der Waals surface area contributed by atoms with E-state index in [0.29, 0.717) is 21.7 Å². The highest BCUT2D eigenvalue weighted by Gasteiger charge is 2.38. The average molecular weight is 574 g/mol. The number of amidine groups is 1. The molecule has 0 atom stereocenters. The molecule has 39 heavy (non-hydrogen) atoms. The number of halogens is 6. The number of likely N-dealkylation sites (N-methyl/N-ethyl adjacent to an activating group) is 1. The Bertz CT molecular complexity index is 1280. The first-order valence-electron chi connectivity index (χ1n) is 12.0. The lowest BCUT2D eigenvalue weighted by atomic mass is 10.0. The van der Waals surface area contributed by atoms with Gasteiger partial charge in [0, 0.05) is 31.7 Å². The van der Waals surface area contributed by atoms with Gasteiger partial charge in [0.1, 0.15) is 6.61 Å². The largest absolute Gasteiger partial charge is 0.493 e. The fourth-order valence-corrected chi connectivity index (χ4v) is 5.10. The normalized spacial score (nSPS) is 18.1. The summed E-state index contributed by atoms with van der Waals surface area (Å²) in [6, 6.07) is 6.00. The molecule has 0 saturated carbocycles. The molecule has 0 N–H and O–H groups in total. The Hall–Kier alpha value is -3.19. The summed E-state index contributed by atoms with van der Waals surface area (Å²) in [7, 11) is 1.34. The van der Waals surface area contributed by atoms with E-state index in [1.807, 2.05) is 0 Å². The Kier molecular flexibility index (Phi) is 8.50. The number of ether oxygens (including phenoxy) is 2. The minimum atomic E-state index is -5.00. The first kappa shape index (κ1) is 28.8. The zero-order chi connectivity index (χ0) is 28.4. The molecule has 2 aromatic rings. The molecular weight excluding hydrogens is 548 g/mol. The van der Waals surface area contributed by atoms with Gasteiger partial charge in [-0.1, -0.05) is 19.1 Å². The summed E-state index contributed by atoms with van der Waals surface area (Å²) in [4.78, 5) is 21.5. The zero-order valence-electron chi connectivity index (χ0n) is 21.0. The fraction of sp³-hybridized carbons (Fsp3) is 0.385. The number of aliphatic imine (C=N–C) groups is 1. The second-order valence-electron chi connectivity index (χ2n) is 8.80. The van der Waals surface area contributed by atoms with Gasteiger partial charge in [-0.2, -0.15) is 31.3 Å². The Morgan fingerprint density at radius 1 is 0.974 bits per heavy atom. The van der Waals surface area contributed by atoms with Gasteiger partial charge in [-0.25, -0.2) is 0 Å². The first-order chi connectivity index (χ1) is 18.4. The SMILES string of the molecule is CCN1CCN(C2=NC(=O)/C(=C/c3ccc(OCc4ccc(C(F)(F)F)cc4C(F)(F)F)c(OC)c3)S2)CC1. The number of methoxy groups -OCH3 is 1. The fourth-order valence-electron chi connectivity index (χ4n) is 4.13. The predicted octanol–water partition coefficient (Wildman–Crippen LogP) is 5.92. The van der Waals surface area contributed by atoms with Crippen LogP contribution in [0.1, 0.15) is 29.2 Å². The van der Waals surface area contributed by atoms with Gasteiger partial charge in [0.05, 0.1) is 23.1 Å². The van der Waals surface area contributed by atoms with E-state index in [2.05, 4.69) is 21.7 Å². The number of thioether (sulfide) groups is 1. The van der Waals surface area contributed by atoms with Gasteiger partial charge in [0.25, 0.3) is 5.91 Å². The third-order valence-electron chi connectivity index (χ3n) is 6.31. The van der Waals surface area contributed by atoms with Crippen molar-refractivity contribution in [2.24, 2.45) is 4.99 Å². The van der Waals surface area contributed by atoms with Crippen LogP contribution in [0.15, 0.2) is 46.3 Å². The van der Waals surface area contributed by atoms with Crippen LogP contribution < -0.4 is 9.47 Å². The Morgan fingerprint density at radius 2 is 1.69 bits per heavy atom. The van der Waals surface area contributed by atoms with Gasteiger partial charge in [0.15, 0.2) is 16.7 Å². The summed E-state index contributed by atoms with van der Waals surface area (Å²) in [5.74, 6) is -0.102. The molecule has 1 fully saturated rings. The topological polar surface area (TPSA) is 54.4 Å². The van der Waals surface area contributed by atoms with Crippen molar-refractivity contribution in [1.82, 2.24) is 9.80 Å². The van der Waals surface area contributed by atoms with Crippen LogP contribution in [0.2, 0.25) is 0 Å². The molecule has 2 aliphatic rings. The molecule has 0 aliphatic carbocycles. The van der Waals surface area contributed by atoms with Crippen LogP contribution in [0.4, 0.5) is 26.3 Å². The average Bonchev–Trinajstić information content (AvgIpc) is 3.26. The van der Waals surface area contributed by atoms with E-state index in [0.717, 1.165) is 38.8 Å². The van der Waals surface area contributed by atoms with Gasteiger partial charge in [-0.05, 0) is 54.2 Å². The van der Waals surface area contributed by atoms with Crippen molar-refractivity contribution >= 4 is 28.9 Å². The van der Waals surface area contributed by atoms with Crippen LogP contribution in [-0.2, 0) is 23.8 Å². The highest BCUT2D eigenvalue weighted by Crippen LogP contribution is 2.39. The maximum Gasteiger partial charge on any atom is 0.416 e.